The number of rotatable bonds is 4. The fourth-order valence-corrected chi connectivity index (χ4v) is 3.70. The highest BCUT2D eigenvalue weighted by Gasteiger charge is 2.30. The highest BCUT2D eigenvalue weighted by Crippen LogP contribution is 2.31. The lowest BCUT2D eigenvalue weighted by Crippen LogP contribution is -2.24. The molecule has 0 saturated carbocycles. The summed E-state index contributed by atoms with van der Waals surface area (Å²) in [6.07, 6.45) is 0.449. The molecule has 29 heavy (non-hydrogen) atoms. The summed E-state index contributed by atoms with van der Waals surface area (Å²) in [6, 6.07) is 14.9. The molecule has 0 N–H and O–H groups in total. The van der Waals surface area contributed by atoms with Crippen LogP contribution in [-0.4, -0.2) is 18.1 Å². The quantitative estimate of drug-likeness (QED) is 0.520. The van der Waals surface area contributed by atoms with Crippen molar-refractivity contribution in [3.8, 4) is 5.75 Å². The molecule has 0 amide bonds. The Hall–Kier alpha value is -2.76. The molecule has 152 valence electrons. The SMILES string of the molecule is FC(F)(F)c1cccc(COc2cccc3ccc(N4CCCCCC4)nc23)c1. The molecule has 3 nitrogen and oxygen atoms in total. The van der Waals surface area contributed by atoms with Crippen molar-refractivity contribution in [3.63, 3.8) is 0 Å². The largest absolute Gasteiger partial charge is 0.487 e. The number of ether oxygens (including phenoxy) is 1. The van der Waals surface area contributed by atoms with Crippen molar-refractivity contribution in [2.75, 3.05) is 18.0 Å². The predicted octanol–water partition coefficient (Wildman–Crippen LogP) is 6.21. The molecule has 0 radical (unpaired) electrons. The van der Waals surface area contributed by atoms with E-state index in [1.54, 1.807) is 6.07 Å². The Kier molecular flexibility index (Phi) is 5.60. The van der Waals surface area contributed by atoms with Gasteiger partial charge in [0, 0.05) is 18.5 Å². The van der Waals surface area contributed by atoms with E-state index in [-0.39, 0.29) is 6.61 Å². The Bertz CT molecular complexity index is 979. The monoisotopic (exact) mass is 400 g/mol. The van der Waals surface area contributed by atoms with E-state index < -0.39 is 11.7 Å². The van der Waals surface area contributed by atoms with Crippen molar-refractivity contribution in [1.82, 2.24) is 4.98 Å². The molecular weight excluding hydrogens is 377 g/mol. The number of benzene rings is 2. The molecule has 6 heteroatoms. The van der Waals surface area contributed by atoms with Gasteiger partial charge in [0.1, 0.15) is 23.7 Å². The number of fused-ring (bicyclic) bond motifs is 1. The molecule has 3 aromatic rings. The van der Waals surface area contributed by atoms with Crippen LogP contribution in [0.5, 0.6) is 5.75 Å². The Morgan fingerprint density at radius 3 is 2.41 bits per heavy atom. The Morgan fingerprint density at radius 1 is 0.897 bits per heavy atom. The van der Waals surface area contributed by atoms with Crippen molar-refractivity contribution in [1.29, 1.82) is 0 Å². The summed E-state index contributed by atoms with van der Waals surface area (Å²) in [6.45, 7) is 2.04. The lowest BCUT2D eigenvalue weighted by Gasteiger charge is -2.22. The molecule has 1 aliphatic rings. The maximum absolute atomic E-state index is 12.9. The zero-order chi connectivity index (χ0) is 20.3. The van der Waals surface area contributed by atoms with Gasteiger partial charge >= 0.3 is 6.18 Å². The lowest BCUT2D eigenvalue weighted by atomic mass is 10.1. The van der Waals surface area contributed by atoms with Crippen LogP contribution in [0.4, 0.5) is 19.0 Å². The van der Waals surface area contributed by atoms with Crippen molar-refractivity contribution < 1.29 is 17.9 Å². The lowest BCUT2D eigenvalue weighted by molar-refractivity contribution is -0.137. The Labute approximate surface area is 168 Å². The van der Waals surface area contributed by atoms with Gasteiger partial charge in [0.2, 0.25) is 0 Å². The van der Waals surface area contributed by atoms with Crippen LogP contribution in [-0.2, 0) is 12.8 Å². The fraction of sp³-hybridized carbons (Fsp3) is 0.348. The Balaban J connectivity index is 1.58. The van der Waals surface area contributed by atoms with Gasteiger partial charge < -0.3 is 9.64 Å². The van der Waals surface area contributed by atoms with Crippen LogP contribution in [0, 0.1) is 0 Å². The molecule has 2 heterocycles. The number of alkyl halides is 3. The minimum absolute atomic E-state index is 0.0542. The molecule has 0 spiro atoms. The fourth-order valence-electron chi connectivity index (χ4n) is 3.70. The third-order valence-electron chi connectivity index (χ3n) is 5.25. The summed E-state index contributed by atoms with van der Waals surface area (Å²) >= 11 is 0. The second-order valence-corrected chi connectivity index (χ2v) is 7.39. The normalized spacial score (nSPS) is 15.3. The average Bonchev–Trinajstić information content (AvgIpc) is 3.01. The van der Waals surface area contributed by atoms with E-state index in [2.05, 4.69) is 4.90 Å². The van der Waals surface area contributed by atoms with E-state index in [1.165, 1.54) is 18.9 Å². The third-order valence-corrected chi connectivity index (χ3v) is 5.25. The summed E-state index contributed by atoms with van der Waals surface area (Å²) in [5.41, 5.74) is 0.541. The van der Waals surface area contributed by atoms with Gasteiger partial charge in [0.05, 0.1) is 5.56 Å². The minimum Gasteiger partial charge on any atom is -0.487 e. The first-order valence-corrected chi connectivity index (χ1v) is 9.94. The topological polar surface area (TPSA) is 25.4 Å². The number of pyridine rings is 1. The van der Waals surface area contributed by atoms with Crippen molar-refractivity contribution in [2.45, 2.75) is 38.5 Å². The van der Waals surface area contributed by atoms with Crippen LogP contribution in [0.3, 0.4) is 0 Å². The molecule has 0 bridgehead atoms. The zero-order valence-electron chi connectivity index (χ0n) is 16.1. The molecule has 1 aliphatic heterocycles. The minimum atomic E-state index is -4.36. The molecule has 0 atom stereocenters. The second kappa shape index (κ2) is 8.31. The van der Waals surface area contributed by atoms with E-state index in [4.69, 9.17) is 9.72 Å². The first kappa shape index (κ1) is 19.6. The summed E-state index contributed by atoms with van der Waals surface area (Å²) in [7, 11) is 0. The van der Waals surface area contributed by atoms with E-state index in [1.807, 2.05) is 30.3 Å². The summed E-state index contributed by atoms with van der Waals surface area (Å²) in [4.78, 5) is 7.13. The molecule has 2 aromatic carbocycles. The van der Waals surface area contributed by atoms with E-state index in [9.17, 15) is 13.2 Å². The van der Waals surface area contributed by atoms with Gasteiger partial charge in [-0.1, -0.05) is 37.1 Å². The van der Waals surface area contributed by atoms with Gasteiger partial charge in [-0.05, 0) is 48.7 Å². The van der Waals surface area contributed by atoms with E-state index in [0.717, 1.165) is 54.8 Å². The number of hydrogen-bond donors (Lipinski definition) is 0. The first-order chi connectivity index (χ1) is 14.0. The van der Waals surface area contributed by atoms with Gasteiger partial charge in [-0.15, -0.1) is 0 Å². The second-order valence-electron chi connectivity index (χ2n) is 7.39. The smallest absolute Gasteiger partial charge is 0.416 e. The van der Waals surface area contributed by atoms with Crippen molar-refractivity contribution in [3.05, 3.63) is 65.7 Å². The van der Waals surface area contributed by atoms with E-state index in [0.29, 0.717) is 11.3 Å². The van der Waals surface area contributed by atoms with Crippen LogP contribution in [0.1, 0.15) is 36.8 Å². The van der Waals surface area contributed by atoms with Gasteiger partial charge in [-0.3, -0.25) is 0 Å². The van der Waals surface area contributed by atoms with Crippen molar-refractivity contribution in [2.24, 2.45) is 0 Å². The van der Waals surface area contributed by atoms with Crippen molar-refractivity contribution >= 4 is 16.7 Å². The number of anilines is 1. The van der Waals surface area contributed by atoms with Gasteiger partial charge in [-0.2, -0.15) is 13.2 Å². The number of aromatic nitrogens is 1. The highest BCUT2D eigenvalue weighted by molar-refractivity contribution is 5.86. The molecule has 1 fully saturated rings. The summed E-state index contributed by atoms with van der Waals surface area (Å²) in [5, 5.41) is 0.949. The van der Waals surface area contributed by atoms with Crippen LogP contribution in [0.25, 0.3) is 10.9 Å². The summed E-state index contributed by atoms with van der Waals surface area (Å²) < 4.78 is 44.7. The Morgan fingerprint density at radius 2 is 1.66 bits per heavy atom. The molecule has 4 rings (SSSR count). The van der Waals surface area contributed by atoms with Crippen LogP contribution in [0.15, 0.2) is 54.6 Å². The standard InChI is InChI=1S/C23H23F3N2O/c24-23(25,26)19-9-5-7-17(15-19)16-29-20-10-6-8-18-11-12-21(27-22(18)20)28-13-3-1-2-4-14-28/h5-12,15H,1-4,13-14,16H2. The maximum Gasteiger partial charge on any atom is 0.416 e. The molecule has 0 aliphatic carbocycles. The van der Waals surface area contributed by atoms with Crippen LogP contribution in [0.2, 0.25) is 0 Å². The molecule has 0 unspecified atom stereocenters. The molecular formula is C23H23F3N2O. The number of para-hydroxylation sites is 1. The van der Waals surface area contributed by atoms with Gasteiger partial charge in [-0.25, -0.2) is 4.98 Å². The average molecular weight is 400 g/mol. The van der Waals surface area contributed by atoms with E-state index >= 15 is 0 Å². The number of halogens is 3. The zero-order valence-corrected chi connectivity index (χ0v) is 16.1. The van der Waals surface area contributed by atoms with Gasteiger partial charge in [0.15, 0.2) is 0 Å². The maximum atomic E-state index is 12.9. The number of hydrogen-bond acceptors (Lipinski definition) is 3. The molecule has 1 aromatic heterocycles. The highest BCUT2D eigenvalue weighted by atomic mass is 19.4. The molecule has 1 saturated heterocycles. The first-order valence-electron chi connectivity index (χ1n) is 9.94. The van der Waals surface area contributed by atoms with Crippen LogP contribution < -0.4 is 9.64 Å². The third kappa shape index (κ3) is 4.63. The van der Waals surface area contributed by atoms with Gasteiger partial charge in [0.25, 0.3) is 0 Å². The number of nitrogens with zero attached hydrogens (tertiary/aromatic N) is 2. The predicted molar refractivity (Wildman–Crippen MR) is 108 cm³/mol. The summed E-state index contributed by atoms with van der Waals surface area (Å²) in [5.74, 6) is 1.51. The van der Waals surface area contributed by atoms with Crippen LogP contribution >= 0.6 is 0 Å².